The van der Waals surface area contributed by atoms with Crippen LogP contribution in [-0.4, -0.2) is 48.2 Å². The van der Waals surface area contributed by atoms with Crippen LogP contribution in [0.1, 0.15) is 52.9 Å². The second-order valence-electron chi connectivity index (χ2n) is 6.81. The molecule has 0 radical (unpaired) electrons. The number of methoxy groups -OCH3 is 1. The summed E-state index contributed by atoms with van der Waals surface area (Å²) in [6.45, 7) is 0.716. The van der Waals surface area contributed by atoms with E-state index >= 15 is 0 Å². The summed E-state index contributed by atoms with van der Waals surface area (Å²) < 4.78 is 4.94. The van der Waals surface area contributed by atoms with Crippen molar-refractivity contribution in [2.45, 2.75) is 44.9 Å². The largest absolute Gasteiger partial charge is 0.481 e. The highest BCUT2D eigenvalue weighted by atomic mass is 32.1. The Hall–Kier alpha value is -2.09. The smallest absolute Gasteiger partial charge is 0.341 e. The Morgan fingerprint density at radius 3 is 2.69 bits per heavy atom. The highest BCUT2D eigenvalue weighted by Crippen LogP contribution is 2.38. The first-order valence-electron chi connectivity index (χ1n) is 9.02. The summed E-state index contributed by atoms with van der Waals surface area (Å²) in [5, 5.41) is 12.6. The molecule has 3 rings (SSSR count). The Morgan fingerprint density at radius 1 is 1.19 bits per heavy atom. The molecule has 1 aliphatic carbocycles. The summed E-state index contributed by atoms with van der Waals surface area (Å²) in [6.07, 6.45) is 6.20. The van der Waals surface area contributed by atoms with Crippen LogP contribution in [-0.2, 0) is 22.4 Å². The highest BCUT2D eigenvalue weighted by Gasteiger charge is 2.31. The van der Waals surface area contributed by atoms with Crippen LogP contribution in [0.3, 0.4) is 0 Å². The molecule has 1 aromatic heterocycles. The zero-order valence-corrected chi connectivity index (χ0v) is 15.7. The van der Waals surface area contributed by atoms with Crippen LogP contribution < -0.4 is 5.32 Å². The summed E-state index contributed by atoms with van der Waals surface area (Å²) in [5.41, 5.74) is 1.46. The van der Waals surface area contributed by atoms with E-state index in [0.29, 0.717) is 30.0 Å². The molecule has 7 nitrogen and oxygen atoms in total. The average molecular weight is 380 g/mol. The van der Waals surface area contributed by atoms with Gasteiger partial charge in [-0.3, -0.25) is 10.1 Å². The molecule has 0 saturated carbocycles. The van der Waals surface area contributed by atoms with Crippen molar-refractivity contribution < 1.29 is 24.2 Å². The number of carbonyl (C=O) groups excluding carboxylic acids is 2. The second kappa shape index (κ2) is 8.07. The van der Waals surface area contributed by atoms with E-state index in [2.05, 4.69) is 5.32 Å². The third-order valence-electron chi connectivity index (χ3n) is 5.09. The third kappa shape index (κ3) is 3.85. The minimum absolute atomic E-state index is 0.194. The lowest BCUT2D eigenvalue weighted by atomic mass is 9.99. The number of aryl methyl sites for hydroxylation is 1. The van der Waals surface area contributed by atoms with Gasteiger partial charge in [-0.25, -0.2) is 9.59 Å². The van der Waals surface area contributed by atoms with Crippen LogP contribution in [0.15, 0.2) is 0 Å². The van der Waals surface area contributed by atoms with Crippen LogP contribution in [0.2, 0.25) is 0 Å². The monoisotopic (exact) mass is 380 g/mol. The molecule has 0 aromatic carbocycles. The van der Waals surface area contributed by atoms with Crippen LogP contribution in [0.5, 0.6) is 0 Å². The van der Waals surface area contributed by atoms with Crippen molar-refractivity contribution >= 4 is 34.3 Å². The summed E-state index contributed by atoms with van der Waals surface area (Å²) in [6, 6.07) is -0.350. The standard InChI is InChI=1S/C18H24N2O5S/c1-25-17(23)14-12-7-3-2-4-8-13(12)26-15(14)19-18(24)20-9-5-6-11(10-20)16(21)22/h11H,2-10H2,1H3,(H,19,24)(H,21,22). The molecular formula is C18H24N2O5S. The van der Waals surface area contributed by atoms with Gasteiger partial charge in [0.05, 0.1) is 18.6 Å². The topological polar surface area (TPSA) is 95.9 Å². The number of aliphatic carboxylic acids is 1. The van der Waals surface area contributed by atoms with E-state index < -0.39 is 17.9 Å². The predicted octanol–water partition coefficient (Wildman–Crippen LogP) is 3.13. The first kappa shape index (κ1) is 18.7. The molecule has 2 amide bonds. The lowest BCUT2D eigenvalue weighted by Crippen LogP contribution is -2.44. The molecule has 1 atom stereocenters. The Balaban J connectivity index is 1.81. The number of likely N-dealkylation sites (tertiary alicyclic amines) is 1. The summed E-state index contributed by atoms with van der Waals surface area (Å²) in [4.78, 5) is 38.8. The second-order valence-corrected chi connectivity index (χ2v) is 7.92. The molecule has 0 spiro atoms. The molecule has 8 heteroatoms. The number of nitrogens with one attached hydrogen (secondary N) is 1. The van der Waals surface area contributed by atoms with Crippen molar-refractivity contribution in [3.05, 3.63) is 16.0 Å². The number of hydrogen-bond donors (Lipinski definition) is 2. The number of fused-ring (bicyclic) bond motifs is 1. The quantitative estimate of drug-likeness (QED) is 0.620. The van der Waals surface area contributed by atoms with E-state index in [1.165, 1.54) is 23.3 Å². The van der Waals surface area contributed by atoms with Crippen molar-refractivity contribution in [2.75, 3.05) is 25.5 Å². The Morgan fingerprint density at radius 2 is 1.96 bits per heavy atom. The number of nitrogens with zero attached hydrogens (tertiary/aromatic N) is 1. The normalized spacial score (nSPS) is 20.0. The van der Waals surface area contributed by atoms with Gasteiger partial charge in [-0.1, -0.05) is 6.42 Å². The summed E-state index contributed by atoms with van der Waals surface area (Å²) in [5.74, 6) is -1.84. The molecule has 142 valence electrons. The maximum atomic E-state index is 12.7. The van der Waals surface area contributed by atoms with Crippen LogP contribution in [0, 0.1) is 5.92 Å². The number of rotatable bonds is 3. The SMILES string of the molecule is COC(=O)c1c(NC(=O)N2CCCC(C(=O)O)C2)sc2c1CCCCC2. The van der Waals surface area contributed by atoms with Crippen LogP contribution >= 0.6 is 11.3 Å². The number of carboxylic acids is 1. The molecule has 2 N–H and O–H groups in total. The fraction of sp³-hybridized carbons (Fsp3) is 0.611. The zero-order chi connectivity index (χ0) is 18.7. The lowest BCUT2D eigenvalue weighted by Gasteiger charge is -2.30. The van der Waals surface area contributed by atoms with Gasteiger partial charge in [0.1, 0.15) is 5.00 Å². The number of carbonyl (C=O) groups is 3. The van der Waals surface area contributed by atoms with Gasteiger partial charge >= 0.3 is 18.0 Å². The molecule has 0 bridgehead atoms. The van der Waals surface area contributed by atoms with Crippen molar-refractivity contribution in [1.29, 1.82) is 0 Å². The molecule has 1 aromatic rings. The van der Waals surface area contributed by atoms with Crippen molar-refractivity contribution in [3.8, 4) is 0 Å². The molecule has 2 heterocycles. The van der Waals surface area contributed by atoms with Gasteiger partial charge in [0.2, 0.25) is 0 Å². The number of carboxylic acid groups (broad SMARTS) is 1. The Bertz CT molecular complexity index is 715. The molecular weight excluding hydrogens is 356 g/mol. The van der Waals surface area contributed by atoms with Crippen molar-refractivity contribution in [1.82, 2.24) is 4.90 Å². The lowest BCUT2D eigenvalue weighted by molar-refractivity contribution is -0.143. The minimum Gasteiger partial charge on any atom is -0.481 e. The summed E-state index contributed by atoms with van der Waals surface area (Å²) in [7, 11) is 1.34. The zero-order valence-electron chi connectivity index (χ0n) is 14.9. The van der Waals surface area contributed by atoms with Gasteiger partial charge in [-0.05, 0) is 44.1 Å². The van der Waals surface area contributed by atoms with E-state index in [9.17, 15) is 19.5 Å². The van der Waals surface area contributed by atoms with E-state index in [0.717, 1.165) is 42.5 Å². The molecule has 1 fully saturated rings. The van der Waals surface area contributed by atoms with E-state index in [1.54, 1.807) is 0 Å². The van der Waals surface area contributed by atoms with Crippen LogP contribution in [0.25, 0.3) is 0 Å². The first-order chi connectivity index (χ1) is 12.5. The fourth-order valence-electron chi connectivity index (χ4n) is 3.69. The first-order valence-corrected chi connectivity index (χ1v) is 9.84. The number of hydrogen-bond acceptors (Lipinski definition) is 5. The number of thiophene rings is 1. The number of anilines is 1. The average Bonchev–Trinajstić information content (AvgIpc) is 2.81. The van der Waals surface area contributed by atoms with Gasteiger partial charge in [0.15, 0.2) is 0 Å². The number of ether oxygens (including phenoxy) is 1. The van der Waals surface area contributed by atoms with E-state index in [-0.39, 0.29) is 12.6 Å². The molecule has 1 unspecified atom stereocenters. The third-order valence-corrected chi connectivity index (χ3v) is 6.30. The maximum absolute atomic E-state index is 12.7. The van der Waals surface area contributed by atoms with Gasteiger partial charge in [0.25, 0.3) is 0 Å². The number of urea groups is 1. The summed E-state index contributed by atoms with van der Waals surface area (Å²) >= 11 is 1.44. The molecule has 26 heavy (non-hydrogen) atoms. The van der Waals surface area contributed by atoms with E-state index in [1.807, 2.05) is 0 Å². The van der Waals surface area contributed by atoms with E-state index in [4.69, 9.17) is 4.74 Å². The van der Waals surface area contributed by atoms with Gasteiger partial charge in [0, 0.05) is 18.0 Å². The van der Waals surface area contributed by atoms with Crippen LogP contribution in [0.4, 0.5) is 9.80 Å². The van der Waals surface area contributed by atoms with Gasteiger partial charge in [-0.15, -0.1) is 11.3 Å². The predicted molar refractivity (Wildman–Crippen MR) is 97.9 cm³/mol. The Kier molecular flexibility index (Phi) is 5.80. The minimum atomic E-state index is -0.874. The fourth-order valence-corrected chi connectivity index (χ4v) is 4.96. The van der Waals surface area contributed by atoms with Gasteiger partial charge < -0.3 is 14.7 Å². The molecule has 1 saturated heterocycles. The maximum Gasteiger partial charge on any atom is 0.341 e. The highest BCUT2D eigenvalue weighted by molar-refractivity contribution is 7.17. The Labute approximate surface area is 156 Å². The van der Waals surface area contributed by atoms with Gasteiger partial charge in [-0.2, -0.15) is 0 Å². The van der Waals surface area contributed by atoms with Crippen molar-refractivity contribution in [3.63, 3.8) is 0 Å². The molecule has 2 aliphatic rings. The number of amides is 2. The number of piperidine rings is 1. The van der Waals surface area contributed by atoms with Crippen molar-refractivity contribution in [2.24, 2.45) is 5.92 Å². The number of esters is 1. The molecule has 1 aliphatic heterocycles.